The summed E-state index contributed by atoms with van der Waals surface area (Å²) in [6, 6.07) is 5.39. The summed E-state index contributed by atoms with van der Waals surface area (Å²) in [5, 5.41) is 11.7. The van der Waals surface area contributed by atoms with Crippen LogP contribution < -0.4 is 16.0 Å². The summed E-state index contributed by atoms with van der Waals surface area (Å²) in [5.74, 6) is 0.395. The molecule has 20 heavy (non-hydrogen) atoms. The Bertz CT molecular complexity index is 474. The van der Waals surface area contributed by atoms with Crippen molar-refractivity contribution in [1.29, 1.82) is 0 Å². The topological polar surface area (TPSA) is 78.6 Å². The number of hydrogen-bond donors (Lipinski definition) is 3. The molecular weight excluding hydrogens is 254 g/mol. The number of aliphatic hydroxyl groups excluding tert-OH is 1. The van der Waals surface area contributed by atoms with Gasteiger partial charge in [-0.05, 0) is 43.4 Å². The molecule has 1 aromatic carbocycles. The normalized spacial score (nSPS) is 18.9. The predicted molar refractivity (Wildman–Crippen MR) is 80.9 cm³/mol. The Labute approximate surface area is 119 Å². The van der Waals surface area contributed by atoms with E-state index in [2.05, 4.69) is 10.2 Å². The fourth-order valence-corrected chi connectivity index (χ4v) is 2.81. The first-order chi connectivity index (χ1) is 9.65. The lowest BCUT2D eigenvalue weighted by molar-refractivity contribution is 0.0963. The van der Waals surface area contributed by atoms with Gasteiger partial charge in [0.05, 0.1) is 11.4 Å². The lowest BCUT2D eigenvalue weighted by Crippen LogP contribution is -2.36. The SMILES string of the molecule is CNC(=O)c1ccc(N)c(N2CCCC(CCO)C2)c1. The zero-order valence-corrected chi connectivity index (χ0v) is 11.9. The third-order valence-electron chi connectivity index (χ3n) is 3.92. The lowest BCUT2D eigenvalue weighted by Gasteiger charge is -2.35. The summed E-state index contributed by atoms with van der Waals surface area (Å²) >= 11 is 0. The van der Waals surface area contributed by atoms with Gasteiger partial charge >= 0.3 is 0 Å². The average Bonchev–Trinajstić information content (AvgIpc) is 2.47. The molecule has 1 unspecified atom stereocenters. The third kappa shape index (κ3) is 3.22. The van der Waals surface area contributed by atoms with Crippen molar-refractivity contribution >= 4 is 17.3 Å². The fraction of sp³-hybridized carbons (Fsp3) is 0.533. The summed E-state index contributed by atoms with van der Waals surface area (Å²) in [4.78, 5) is 14.0. The Morgan fingerprint density at radius 3 is 3.05 bits per heavy atom. The maximum Gasteiger partial charge on any atom is 0.251 e. The van der Waals surface area contributed by atoms with Crippen LogP contribution in [-0.4, -0.2) is 37.8 Å². The van der Waals surface area contributed by atoms with E-state index in [0.717, 1.165) is 38.0 Å². The number of piperidine rings is 1. The number of nitrogens with two attached hydrogens (primary N) is 1. The van der Waals surface area contributed by atoms with E-state index < -0.39 is 0 Å². The van der Waals surface area contributed by atoms with Gasteiger partial charge in [-0.25, -0.2) is 0 Å². The molecule has 2 rings (SSSR count). The van der Waals surface area contributed by atoms with Gasteiger partial charge in [0, 0.05) is 32.3 Å². The van der Waals surface area contributed by atoms with Crippen LogP contribution in [0.3, 0.4) is 0 Å². The number of nitrogens with zero attached hydrogens (tertiary/aromatic N) is 1. The highest BCUT2D eigenvalue weighted by molar-refractivity contribution is 5.96. The van der Waals surface area contributed by atoms with Crippen molar-refractivity contribution in [3.05, 3.63) is 23.8 Å². The number of nitrogen functional groups attached to an aromatic ring is 1. The standard InChI is InChI=1S/C15H23N3O2/c1-17-15(20)12-4-5-13(16)14(9-12)18-7-2-3-11(10-18)6-8-19/h4-5,9,11,19H,2-3,6-8,10,16H2,1H3,(H,17,20). The molecule has 1 aromatic rings. The fourth-order valence-electron chi connectivity index (χ4n) is 2.81. The summed E-state index contributed by atoms with van der Waals surface area (Å²) < 4.78 is 0. The molecule has 0 spiro atoms. The Morgan fingerprint density at radius 1 is 1.55 bits per heavy atom. The Kier molecular flexibility index (Phi) is 4.84. The number of anilines is 2. The monoisotopic (exact) mass is 277 g/mol. The van der Waals surface area contributed by atoms with E-state index in [4.69, 9.17) is 10.8 Å². The van der Waals surface area contributed by atoms with Crippen molar-refractivity contribution in [2.45, 2.75) is 19.3 Å². The van der Waals surface area contributed by atoms with Gasteiger partial charge in [-0.2, -0.15) is 0 Å². The molecule has 0 aromatic heterocycles. The number of hydrogen-bond acceptors (Lipinski definition) is 4. The van der Waals surface area contributed by atoms with Crippen molar-refractivity contribution in [2.75, 3.05) is 37.4 Å². The zero-order chi connectivity index (χ0) is 14.5. The van der Waals surface area contributed by atoms with Gasteiger partial charge in [-0.3, -0.25) is 4.79 Å². The predicted octanol–water partition coefficient (Wildman–Crippen LogP) is 1.23. The van der Waals surface area contributed by atoms with Crippen molar-refractivity contribution in [1.82, 2.24) is 5.32 Å². The summed E-state index contributed by atoms with van der Waals surface area (Å²) in [6.45, 7) is 2.07. The molecular formula is C15H23N3O2. The first-order valence-electron chi connectivity index (χ1n) is 7.13. The van der Waals surface area contributed by atoms with Crippen LogP contribution in [0.5, 0.6) is 0 Å². The van der Waals surface area contributed by atoms with Crippen molar-refractivity contribution in [2.24, 2.45) is 5.92 Å². The molecule has 0 radical (unpaired) electrons. The lowest BCUT2D eigenvalue weighted by atomic mass is 9.94. The highest BCUT2D eigenvalue weighted by Crippen LogP contribution is 2.30. The van der Waals surface area contributed by atoms with Crippen LogP contribution in [0.4, 0.5) is 11.4 Å². The number of nitrogens with one attached hydrogen (secondary N) is 1. The van der Waals surface area contributed by atoms with Crippen LogP contribution in [-0.2, 0) is 0 Å². The molecule has 0 aliphatic carbocycles. The minimum Gasteiger partial charge on any atom is -0.397 e. The van der Waals surface area contributed by atoms with Crippen LogP contribution in [0.2, 0.25) is 0 Å². The average molecular weight is 277 g/mol. The molecule has 1 amide bonds. The van der Waals surface area contributed by atoms with Crippen LogP contribution >= 0.6 is 0 Å². The van der Waals surface area contributed by atoms with E-state index in [-0.39, 0.29) is 12.5 Å². The van der Waals surface area contributed by atoms with E-state index >= 15 is 0 Å². The zero-order valence-electron chi connectivity index (χ0n) is 11.9. The maximum absolute atomic E-state index is 11.7. The molecule has 1 heterocycles. The molecule has 1 aliphatic heterocycles. The number of aliphatic hydroxyl groups is 1. The minimum absolute atomic E-state index is 0.102. The van der Waals surface area contributed by atoms with Gasteiger partial charge in [0.1, 0.15) is 0 Å². The van der Waals surface area contributed by atoms with Gasteiger partial charge in [-0.1, -0.05) is 0 Å². The number of carbonyl (C=O) groups excluding carboxylic acids is 1. The smallest absolute Gasteiger partial charge is 0.251 e. The number of carbonyl (C=O) groups is 1. The van der Waals surface area contributed by atoms with E-state index in [0.29, 0.717) is 17.2 Å². The third-order valence-corrected chi connectivity index (χ3v) is 3.92. The van der Waals surface area contributed by atoms with E-state index in [1.165, 1.54) is 0 Å². The van der Waals surface area contributed by atoms with Gasteiger partial charge in [0.15, 0.2) is 0 Å². The van der Waals surface area contributed by atoms with Crippen LogP contribution in [0, 0.1) is 5.92 Å². The van der Waals surface area contributed by atoms with Crippen molar-refractivity contribution in [3.63, 3.8) is 0 Å². The number of benzene rings is 1. The molecule has 1 fully saturated rings. The first kappa shape index (κ1) is 14.7. The second-order valence-electron chi connectivity index (χ2n) is 5.32. The number of rotatable bonds is 4. The Hall–Kier alpha value is -1.75. The van der Waals surface area contributed by atoms with E-state index in [1.54, 1.807) is 19.2 Å². The Morgan fingerprint density at radius 2 is 2.35 bits per heavy atom. The molecule has 1 atom stereocenters. The minimum atomic E-state index is -0.102. The molecule has 1 aliphatic rings. The molecule has 5 nitrogen and oxygen atoms in total. The quantitative estimate of drug-likeness (QED) is 0.723. The molecule has 110 valence electrons. The molecule has 0 saturated carbocycles. The van der Waals surface area contributed by atoms with Crippen LogP contribution in [0.25, 0.3) is 0 Å². The second-order valence-corrected chi connectivity index (χ2v) is 5.32. The summed E-state index contributed by atoms with van der Waals surface area (Å²) in [7, 11) is 1.62. The molecule has 4 N–H and O–H groups in total. The van der Waals surface area contributed by atoms with Crippen LogP contribution in [0.1, 0.15) is 29.6 Å². The van der Waals surface area contributed by atoms with Gasteiger partial charge < -0.3 is 21.1 Å². The molecule has 5 heteroatoms. The largest absolute Gasteiger partial charge is 0.397 e. The Balaban J connectivity index is 2.20. The van der Waals surface area contributed by atoms with Gasteiger partial charge in [0.2, 0.25) is 0 Å². The molecule has 1 saturated heterocycles. The van der Waals surface area contributed by atoms with Crippen LogP contribution in [0.15, 0.2) is 18.2 Å². The maximum atomic E-state index is 11.7. The van der Waals surface area contributed by atoms with Crippen molar-refractivity contribution < 1.29 is 9.90 Å². The second kappa shape index (κ2) is 6.61. The van der Waals surface area contributed by atoms with Crippen molar-refractivity contribution in [3.8, 4) is 0 Å². The number of amides is 1. The van der Waals surface area contributed by atoms with E-state index in [9.17, 15) is 4.79 Å². The highest BCUT2D eigenvalue weighted by Gasteiger charge is 2.21. The summed E-state index contributed by atoms with van der Waals surface area (Å²) in [5.41, 5.74) is 8.31. The van der Waals surface area contributed by atoms with Gasteiger partial charge in [0.25, 0.3) is 5.91 Å². The van der Waals surface area contributed by atoms with E-state index in [1.807, 2.05) is 6.07 Å². The highest BCUT2D eigenvalue weighted by atomic mass is 16.3. The van der Waals surface area contributed by atoms with Gasteiger partial charge in [-0.15, -0.1) is 0 Å². The molecule has 0 bridgehead atoms. The first-order valence-corrected chi connectivity index (χ1v) is 7.13. The summed E-state index contributed by atoms with van der Waals surface area (Å²) in [6.07, 6.45) is 3.06.